The van der Waals surface area contributed by atoms with Crippen LogP contribution in [0.25, 0.3) is 0 Å². The van der Waals surface area contributed by atoms with Gasteiger partial charge in [-0.1, -0.05) is 22.9 Å². The van der Waals surface area contributed by atoms with E-state index < -0.39 is 0 Å². The number of aromatic hydroxyl groups is 1. The third-order valence-corrected chi connectivity index (χ3v) is 3.40. The van der Waals surface area contributed by atoms with Crippen LogP contribution in [0.15, 0.2) is 45.7 Å². The second-order valence-corrected chi connectivity index (χ2v) is 5.09. The van der Waals surface area contributed by atoms with Crippen molar-refractivity contribution >= 4 is 15.9 Å². The van der Waals surface area contributed by atoms with Crippen LogP contribution < -0.4 is 5.32 Å². The molecule has 2 rings (SSSR count). The molecule has 2 aromatic rings. The van der Waals surface area contributed by atoms with Crippen molar-refractivity contribution < 1.29 is 9.52 Å². The summed E-state index contributed by atoms with van der Waals surface area (Å²) in [7, 11) is 0. The second-order valence-electron chi connectivity index (χ2n) is 4.18. The average Bonchev–Trinajstić information content (AvgIpc) is 2.87. The van der Waals surface area contributed by atoms with E-state index in [2.05, 4.69) is 28.2 Å². The lowest BCUT2D eigenvalue weighted by atomic mass is 10.0. The highest BCUT2D eigenvalue weighted by atomic mass is 79.9. The lowest BCUT2D eigenvalue weighted by molar-refractivity contribution is 0.440. The predicted molar refractivity (Wildman–Crippen MR) is 74.4 cm³/mol. The van der Waals surface area contributed by atoms with Gasteiger partial charge in [-0.15, -0.1) is 0 Å². The summed E-state index contributed by atoms with van der Waals surface area (Å²) in [4.78, 5) is 0. The number of rotatable bonds is 5. The van der Waals surface area contributed by atoms with Crippen LogP contribution in [0.3, 0.4) is 0 Å². The summed E-state index contributed by atoms with van der Waals surface area (Å²) >= 11 is 3.43. The molecule has 1 aromatic carbocycles. The number of nitrogens with one attached hydrogen (secondary N) is 1. The molecule has 18 heavy (non-hydrogen) atoms. The van der Waals surface area contributed by atoms with Crippen LogP contribution in [-0.4, -0.2) is 5.11 Å². The van der Waals surface area contributed by atoms with Crippen molar-refractivity contribution in [2.24, 2.45) is 0 Å². The molecule has 1 atom stereocenters. The number of furan rings is 1. The van der Waals surface area contributed by atoms with E-state index in [1.54, 1.807) is 18.6 Å². The molecular weight excluding hydrogens is 294 g/mol. The van der Waals surface area contributed by atoms with Crippen molar-refractivity contribution in [3.63, 3.8) is 0 Å². The number of hydrogen-bond donors (Lipinski definition) is 2. The average molecular weight is 310 g/mol. The van der Waals surface area contributed by atoms with Gasteiger partial charge in [-0.2, -0.15) is 0 Å². The predicted octanol–water partition coefficient (Wildman–Crippen LogP) is 3.99. The van der Waals surface area contributed by atoms with Crippen molar-refractivity contribution in [1.29, 1.82) is 0 Å². The topological polar surface area (TPSA) is 45.4 Å². The van der Waals surface area contributed by atoms with Gasteiger partial charge in [0.05, 0.1) is 12.5 Å². The van der Waals surface area contributed by atoms with Gasteiger partial charge in [0.2, 0.25) is 0 Å². The quantitative estimate of drug-likeness (QED) is 0.878. The Bertz CT molecular complexity index is 497. The molecule has 1 aromatic heterocycles. The Morgan fingerprint density at radius 3 is 2.89 bits per heavy atom. The van der Waals surface area contributed by atoms with Crippen LogP contribution in [0.1, 0.15) is 30.5 Å². The fraction of sp³-hybridized carbons (Fsp3) is 0.286. The van der Waals surface area contributed by atoms with Crippen LogP contribution in [0.2, 0.25) is 0 Å². The molecule has 96 valence electrons. The Balaban J connectivity index is 2.10. The fourth-order valence-electron chi connectivity index (χ4n) is 1.91. The minimum absolute atomic E-state index is 0.123. The van der Waals surface area contributed by atoms with Crippen molar-refractivity contribution in [1.82, 2.24) is 5.32 Å². The molecule has 0 fully saturated rings. The summed E-state index contributed by atoms with van der Waals surface area (Å²) in [5, 5.41) is 13.3. The summed E-state index contributed by atoms with van der Waals surface area (Å²) in [6, 6.07) is 7.55. The smallest absolute Gasteiger partial charge is 0.120 e. The Labute approximate surface area is 115 Å². The number of phenols is 1. The molecule has 0 aliphatic carbocycles. The number of phenolic OH excluding ortho intramolecular Hbond substituents is 1. The van der Waals surface area contributed by atoms with Crippen molar-refractivity contribution in [3.8, 4) is 5.75 Å². The second kappa shape index (κ2) is 6.07. The Morgan fingerprint density at radius 1 is 1.39 bits per heavy atom. The van der Waals surface area contributed by atoms with Gasteiger partial charge in [0, 0.05) is 28.2 Å². The lowest BCUT2D eigenvalue weighted by Gasteiger charge is -2.18. The van der Waals surface area contributed by atoms with Crippen molar-refractivity contribution in [2.75, 3.05) is 0 Å². The summed E-state index contributed by atoms with van der Waals surface area (Å²) in [6.07, 6.45) is 4.29. The number of hydrogen-bond acceptors (Lipinski definition) is 3. The SMILES string of the molecule is CCC(NCc1ccoc1)c1cc(Br)ccc1O. The molecular formula is C14H16BrNO2. The summed E-state index contributed by atoms with van der Waals surface area (Å²) < 4.78 is 6.00. The first-order valence-electron chi connectivity index (χ1n) is 5.93. The molecule has 0 aliphatic heterocycles. The highest BCUT2D eigenvalue weighted by Crippen LogP contribution is 2.29. The molecule has 0 bridgehead atoms. The molecule has 0 aliphatic rings. The minimum Gasteiger partial charge on any atom is -0.508 e. The standard InChI is InChI=1S/C14H16BrNO2/c1-2-13(16-8-10-5-6-18-9-10)12-7-11(15)3-4-14(12)17/h3-7,9,13,16-17H,2,8H2,1H3. The summed E-state index contributed by atoms with van der Waals surface area (Å²) in [5.74, 6) is 0.324. The molecule has 0 spiro atoms. The zero-order valence-corrected chi connectivity index (χ0v) is 11.8. The summed E-state index contributed by atoms with van der Waals surface area (Å²) in [5.41, 5.74) is 2.01. The monoisotopic (exact) mass is 309 g/mol. The maximum Gasteiger partial charge on any atom is 0.120 e. The molecule has 0 radical (unpaired) electrons. The molecule has 3 nitrogen and oxygen atoms in total. The van der Waals surface area contributed by atoms with Crippen molar-refractivity contribution in [2.45, 2.75) is 25.9 Å². The van der Waals surface area contributed by atoms with E-state index in [9.17, 15) is 5.11 Å². The minimum atomic E-state index is 0.123. The van der Waals surface area contributed by atoms with Crippen LogP contribution in [0.5, 0.6) is 5.75 Å². The van der Waals surface area contributed by atoms with Gasteiger partial charge < -0.3 is 14.8 Å². The molecule has 0 amide bonds. The summed E-state index contributed by atoms with van der Waals surface area (Å²) in [6.45, 7) is 2.81. The molecule has 0 saturated heterocycles. The maximum atomic E-state index is 9.91. The van der Waals surface area contributed by atoms with Gasteiger partial charge in [-0.25, -0.2) is 0 Å². The first kappa shape index (κ1) is 13.2. The van der Waals surface area contributed by atoms with Gasteiger partial charge in [-0.3, -0.25) is 0 Å². The highest BCUT2D eigenvalue weighted by molar-refractivity contribution is 9.10. The van der Waals surface area contributed by atoms with E-state index in [0.717, 1.165) is 28.6 Å². The molecule has 4 heteroatoms. The zero-order valence-electron chi connectivity index (χ0n) is 10.2. The Kier molecular flexibility index (Phi) is 4.44. The zero-order chi connectivity index (χ0) is 13.0. The van der Waals surface area contributed by atoms with Crippen LogP contribution in [-0.2, 0) is 6.54 Å². The number of benzene rings is 1. The van der Waals surface area contributed by atoms with E-state index in [1.807, 2.05) is 18.2 Å². The Morgan fingerprint density at radius 2 is 2.22 bits per heavy atom. The van der Waals surface area contributed by atoms with Crippen LogP contribution in [0, 0.1) is 0 Å². The third-order valence-electron chi connectivity index (χ3n) is 2.91. The normalized spacial score (nSPS) is 12.6. The molecule has 1 unspecified atom stereocenters. The van der Waals surface area contributed by atoms with Gasteiger partial charge in [0.25, 0.3) is 0 Å². The van der Waals surface area contributed by atoms with E-state index in [-0.39, 0.29) is 6.04 Å². The van der Waals surface area contributed by atoms with E-state index in [0.29, 0.717) is 5.75 Å². The lowest BCUT2D eigenvalue weighted by Crippen LogP contribution is -2.20. The van der Waals surface area contributed by atoms with Gasteiger partial charge in [0.15, 0.2) is 0 Å². The highest BCUT2D eigenvalue weighted by Gasteiger charge is 2.13. The van der Waals surface area contributed by atoms with Gasteiger partial charge >= 0.3 is 0 Å². The number of halogens is 1. The van der Waals surface area contributed by atoms with E-state index >= 15 is 0 Å². The first-order chi connectivity index (χ1) is 8.70. The van der Waals surface area contributed by atoms with Crippen LogP contribution >= 0.6 is 15.9 Å². The molecule has 0 saturated carbocycles. The third kappa shape index (κ3) is 3.15. The maximum absolute atomic E-state index is 9.91. The van der Waals surface area contributed by atoms with E-state index in [4.69, 9.17) is 4.42 Å². The first-order valence-corrected chi connectivity index (χ1v) is 6.73. The van der Waals surface area contributed by atoms with E-state index in [1.165, 1.54) is 0 Å². The largest absolute Gasteiger partial charge is 0.508 e. The molecule has 1 heterocycles. The van der Waals surface area contributed by atoms with Crippen molar-refractivity contribution in [3.05, 3.63) is 52.4 Å². The van der Waals surface area contributed by atoms with Gasteiger partial charge in [-0.05, 0) is 30.7 Å². The fourth-order valence-corrected chi connectivity index (χ4v) is 2.29. The van der Waals surface area contributed by atoms with Gasteiger partial charge in [0.1, 0.15) is 5.75 Å². The van der Waals surface area contributed by atoms with Crippen LogP contribution in [0.4, 0.5) is 0 Å². The Hall–Kier alpha value is -1.26. The molecule has 2 N–H and O–H groups in total.